The monoisotopic (exact) mass is 671 g/mol. The molecule has 13 nitrogen and oxygen atoms in total. The van der Waals surface area contributed by atoms with Crippen molar-refractivity contribution in [3.05, 3.63) is 44.9 Å². The Morgan fingerprint density at radius 3 is 2.77 bits per heavy atom. The number of nitrogens with two attached hydrogens (primary N) is 1. The summed E-state index contributed by atoms with van der Waals surface area (Å²) < 4.78 is 22.8. The van der Waals surface area contributed by atoms with Gasteiger partial charge in [-0.2, -0.15) is 20.3 Å². The molecule has 250 valence electrons. The van der Waals surface area contributed by atoms with Crippen molar-refractivity contribution in [2.24, 2.45) is 0 Å². The van der Waals surface area contributed by atoms with Crippen LogP contribution in [-0.4, -0.2) is 101 Å². The van der Waals surface area contributed by atoms with Crippen LogP contribution in [-0.2, 0) is 24.9 Å². The molecule has 0 bridgehead atoms. The second kappa shape index (κ2) is 11.3. The fraction of sp³-hybridized carbons (Fsp3) is 0.576. The maximum Gasteiger partial charge on any atom is 0.317 e. The molecule has 0 aromatic carbocycles. The van der Waals surface area contributed by atoms with E-state index in [0.29, 0.717) is 79.3 Å². The van der Waals surface area contributed by atoms with E-state index in [1.165, 1.54) is 21.1 Å². The predicted octanol–water partition coefficient (Wildman–Crippen LogP) is 3.51. The van der Waals surface area contributed by atoms with Crippen LogP contribution in [0.3, 0.4) is 0 Å². The van der Waals surface area contributed by atoms with Gasteiger partial charge in [-0.15, -0.1) is 11.3 Å². The molecule has 3 saturated heterocycles. The van der Waals surface area contributed by atoms with Gasteiger partial charge in [0.05, 0.1) is 29.9 Å². The summed E-state index contributed by atoms with van der Waals surface area (Å²) in [5, 5.41) is 15.1. The number of fused-ring (bicyclic) bond motifs is 4. The molecule has 1 aliphatic carbocycles. The minimum atomic E-state index is -0.880. The number of halogens is 1. The Kier molecular flexibility index (Phi) is 7.27. The standard InChI is InChI=1S/C33H38FN11O2S/c1-37-26-28(42-9-5-11-45-21(16-42)12-23(40-45)30(46)41(2)3)38-31(47-19-33-7-4-10-44(33)15-20(34)13-33)39-29(26)43-17-32(18-43)8-6-24-25(32)22(14-35)27(36)48-24/h12,20H,4-11,13,15-19,36H2,2-3H3/t20-,33+/m1/s1. The lowest BCUT2D eigenvalue weighted by atomic mass is 9.74. The Morgan fingerprint density at radius 2 is 2.02 bits per heavy atom. The van der Waals surface area contributed by atoms with E-state index in [1.807, 2.05) is 10.7 Å². The highest BCUT2D eigenvalue weighted by Gasteiger charge is 2.53. The smallest absolute Gasteiger partial charge is 0.317 e. The summed E-state index contributed by atoms with van der Waals surface area (Å²) in [6.07, 6.45) is 3.94. The van der Waals surface area contributed by atoms with Crippen molar-refractivity contribution >= 4 is 39.6 Å². The van der Waals surface area contributed by atoms with E-state index in [-0.39, 0.29) is 29.5 Å². The number of hydrogen-bond acceptors (Lipinski definition) is 11. The van der Waals surface area contributed by atoms with Gasteiger partial charge in [-0.1, -0.05) is 0 Å². The molecule has 3 fully saturated rings. The van der Waals surface area contributed by atoms with E-state index in [9.17, 15) is 14.4 Å². The van der Waals surface area contributed by atoms with E-state index in [1.54, 1.807) is 14.1 Å². The van der Waals surface area contributed by atoms with Crippen LogP contribution in [0, 0.1) is 17.9 Å². The molecule has 8 rings (SSSR count). The van der Waals surface area contributed by atoms with Crippen LogP contribution < -0.4 is 20.3 Å². The topological polar surface area (TPSA) is 137 Å². The predicted molar refractivity (Wildman–Crippen MR) is 178 cm³/mol. The number of anilines is 3. The quantitative estimate of drug-likeness (QED) is 0.388. The highest BCUT2D eigenvalue weighted by atomic mass is 32.1. The number of nitrogens with zero attached hydrogens (tertiary/aromatic N) is 10. The third-order valence-electron chi connectivity index (χ3n) is 10.9. The van der Waals surface area contributed by atoms with Gasteiger partial charge >= 0.3 is 6.01 Å². The van der Waals surface area contributed by atoms with Crippen molar-refractivity contribution in [3.63, 3.8) is 0 Å². The van der Waals surface area contributed by atoms with Gasteiger partial charge in [-0.3, -0.25) is 14.4 Å². The number of thiophene rings is 1. The average Bonchev–Trinajstić information content (AvgIpc) is 3.82. The van der Waals surface area contributed by atoms with Crippen molar-refractivity contribution in [2.45, 2.75) is 68.7 Å². The number of alkyl halides is 1. The molecule has 4 aliphatic heterocycles. The van der Waals surface area contributed by atoms with Gasteiger partial charge in [0.25, 0.3) is 11.6 Å². The first-order valence-electron chi connectivity index (χ1n) is 16.5. The molecule has 3 aromatic heterocycles. The third kappa shape index (κ3) is 4.77. The van der Waals surface area contributed by atoms with E-state index in [4.69, 9.17) is 27.0 Å². The first-order valence-corrected chi connectivity index (χ1v) is 17.4. The lowest BCUT2D eigenvalue weighted by Gasteiger charge is -2.50. The number of aryl methyl sites for hydroxylation is 2. The minimum absolute atomic E-state index is 0.166. The largest absolute Gasteiger partial charge is 0.461 e. The number of carbonyl (C=O) groups is 1. The van der Waals surface area contributed by atoms with Gasteiger partial charge < -0.3 is 25.2 Å². The van der Waals surface area contributed by atoms with Crippen LogP contribution in [0.2, 0.25) is 0 Å². The molecule has 15 heteroatoms. The number of nitrogen functional groups attached to an aromatic ring is 1. The molecule has 7 heterocycles. The van der Waals surface area contributed by atoms with E-state index in [2.05, 4.69) is 30.7 Å². The normalized spacial score (nSPS) is 24.0. The Hall–Kier alpha value is -4.47. The van der Waals surface area contributed by atoms with Gasteiger partial charge in [0.2, 0.25) is 0 Å². The molecule has 2 atom stereocenters. The number of hydrogen-bond donors (Lipinski definition) is 1. The zero-order chi connectivity index (χ0) is 33.4. The van der Waals surface area contributed by atoms with Crippen molar-refractivity contribution in [1.29, 1.82) is 5.26 Å². The van der Waals surface area contributed by atoms with Crippen LogP contribution in [0.15, 0.2) is 6.07 Å². The summed E-state index contributed by atoms with van der Waals surface area (Å²) in [5.74, 6) is 0.810. The van der Waals surface area contributed by atoms with Crippen LogP contribution in [0.1, 0.15) is 64.3 Å². The van der Waals surface area contributed by atoms with Crippen LogP contribution in [0.5, 0.6) is 6.01 Å². The maximum absolute atomic E-state index is 14.6. The molecule has 0 saturated carbocycles. The van der Waals surface area contributed by atoms with Gasteiger partial charge in [0.1, 0.15) is 35.5 Å². The fourth-order valence-corrected chi connectivity index (χ4v) is 9.76. The molecule has 1 amide bonds. The number of carbonyl (C=O) groups excluding carboxylic acids is 1. The fourth-order valence-electron chi connectivity index (χ4n) is 8.62. The van der Waals surface area contributed by atoms with E-state index >= 15 is 0 Å². The van der Waals surface area contributed by atoms with Gasteiger partial charge in [0, 0.05) is 63.5 Å². The second-order valence-electron chi connectivity index (χ2n) is 14.1. The van der Waals surface area contributed by atoms with Crippen LogP contribution in [0.25, 0.3) is 4.85 Å². The molecular weight excluding hydrogens is 634 g/mol. The molecule has 0 radical (unpaired) electrons. The van der Waals surface area contributed by atoms with Crippen molar-refractivity contribution in [2.75, 3.05) is 69.0 Å². The van der Waals surface area contributed by atoms with Gasteiger partial charge in [-0.05, 0) is 50.3 Å². The molecule has 48 heavy (non-hydrogen) atoms. The Labute approximate surface area is 282 Å². The highest BCUT2D eigenvalue weighted by molar-refractivity contribution is 7.16. The first-order chi connectivity index (χ1) is 23.1. The minimum Gasteiger partial charge on any atom is -0.461 e. The Balaban J connectivity index is 1.15. The average molecular weight is 672 g/mol. The summed E-state index contributed by atoms with van der Waals surface area (Å²) in [6.45, 7) is 12.7. The lowest BCUT2D eigenvalue weighted by molar-refractivity contribution is 0.0821. The molecule has 0 unspecified atom stereocenters. The zero-order valence-corrected chi connectivity index (χ0v) is 28.0. The second-order valence-corrected chi connectivity index (χ2v) is 15.2. The first kappa shape index (κ1) is 30.8. The van der Waals surface area contributed by atoms with Gasteiger partial charge in [0.15, 0.2) is 5.69 Å². The summed E-state index contributed by atoms with van der Waals surface area (Å²) in [6, 6.07) is 4.32. The third-order valence-corrected chi connectivity index (χ3v) is 12.0. The lowest BCUT2D eigenvalue weighted by Crippen LogP contribution is -2.59. The maximum atomic E-state index is 14.6. The molecule has 2 N–H and O–H groups in total. The summed E-state index contributed by atoms with van der Waals surface area (Å²) in [7, 11) is 3.41. The van der Waals surface area contributed by atoms with Crippen LogP contribution in [0.4, 0.5) is 26.7 Å². The van der Waals surface area contributed by atoms with E-state index < -0.39 is 6.17 Å². The number of amides is 1. The summed E-state index contributed by atoms with van der Waals surface area (Å²) in [5.41, 5.74) is 8.86. The summed E-state index contributed by atoms with van der Waals surface area (Å²) >= 11 is 1.51. The number of ether oxygens (including phenoxy) is 1. The molecule has 5 aliphatic rings. The van der Waals surface area contributed by atoms with Gasteiger partial charge in [-0.25, -0.2) is 9.24 Å². The van der Waals surface area contributed by atoms with E-state index in [0.717, 1.165) is 49.9 Å². The molecular formula is C33H38FN11O2S. The number of rotatable bonds is 6. The zero-order valence-electron chi connectivity index (χ0n) is 27.2. The highest BCUT2D eigenvalue weighted by Crippen LogP contribution is 2.54. The molecule has 1 spiro atoms. The Morgan fingerprint density at radius 1 is 1.23 bits per heavy atom. The number of aromatic nitrogens is 4. The summed E-state index contributed by atoms with van der Waals surface area (Å²) in [4.78, 5) is 35.5. The number of nitriles is 1. The van der Waals surface area contributed by atoms with Crippen molar-refractivity contribution in [1.82, 2.24) is 29.5 Å². The van der Waals surface area contributed by atoms with Crippen LogP contribution >= 0.6 is 11.3 Å². The van der Waals surface area contributed by atoms with Crippen molar-refractivity contribution in [3.8, 4) is 12.1 Å². The SMILES string of the molecule is [C-]#[N+]c1c(N2CCCn3nc(C(=O)N(C)C)cc3C2)nc(OC[C@@]23CCCN2C[C@H](F)C3)nc1N1CC2(CCc3sc(N)c(C#N)c32)C1. The Bertz CT molecular complexity index is 1890. The van der Waals surface area contributed by atoms with Crippen molar-refractivity contribution < 1.29 is 13.9 Å². The molecule has 3 aromatic rings.